The van der Waals surface area contributed by atoms with Crippen LogP contribution in [0.4, 0.5) is 0 Å². The predicted octanol–water partition coefficient (Wildman–Crippen LogP) is -2.00. The van der Waals surface area contributed by atoms with Gasteiger partial charge in [-0.25, -0.2) is 9.27 Å². The maximum absolute atomic E-state index is 9.95. The smallest absolute Gasteiger partial charge is 0.379 e. The summed E-state index contributed by atoms with van der Waals surface area (Å²) in [7, 11) is -2.45. The van der Waals surface area contributed by atoms with Crippen LogP contribution >= 0.6 is 0 Å². The molecule has 0 amide bonds. The van der Waals surface area contributed by atoms with Crippen LogP contribution in [0.3, 0.4) is 0 Å². The van der Waals surface area contributed by atoms with Crippen molar-refractivity contribution in [3.8, 4) is 0 Å². The van der Waals surface area contributed by atoms with Crippen molar-refractivity contribution in [2.75, 3.05) is 20.3 Å². The maximum atomic E-state index is 9.95. The first-order valence-corrected chi connectivity index (χ1v) is 3.86. The molecule has 0 radical (unpaired) electrons. The van der Waals surface area contributed by atoms with E-state index in [0.29, 0.717) is 6.61 Å². The van der Waals surface area contributed by atoms with Gasteiger partial charge in [-0.05, 0) is 0 Å². The molecule has 0 aromatic carbocycles. The lowest BCUT2D eigenvalue weighted by atomic mass is 10.7. The Kier molecular flexibility index (Phi) is 3.71. The Morgan fingerprint density at radius 2 is 2.22 bits per heavy atom. The van der Waals surface area contributed by atoms with Crippen LogP contribution in [0.25, 0.3) is 0 Å². The summed E-state index contributed by atoms with van der Waals surface area (Å²) in [5, 5.41) is 0. The lowest BCUT2D eigenvalue weighted by molar-refractivity contribution is -0.507. The van der Waals surface area contributed by atoms with Crippen LogP contribution in [0, 0.1) is 0 Å². The number of quaternary nitrogens is 1. The monoisotopic (exact) mass is 156 g/mol. The standard InChI is InChI=1S/C3H9NO4S/c1-8-3-2-4-9(5,6)7/h4H,2-3H2,1H3,(H,5,6,7)/p+1. The molecule has 0 aliphatic rings. The zero-order valence-electron chi connectivity index (χ0n) is 5.07. The fourth-order valence-electron chi connectivity index (χ4n) is 0.315. The van der Waals surface area contributed by atoms with Crippen molar-refractivity contribution in [1.82, 2.24) is 0 Å². The van der Waals surface area contributed by atoms with Crippen LogP contribution < -0.4 is 4.72 Å². The third-order valence-electron chi connectivity index (χ3n) is 0.650. The molecular formula is C3H10NO4S+. The summed E-state index contributed by atoms with van der Waals surface area (Å²) in [6.45, 7) is 0.523. The zero-order chi connectivity index (χ0) is 7.33. The Morgan fingerprint density at radius 1 is 1.67 bits per heavy atom. The molecule has 6 heteroatoms. The second-order valence-electron chi connectivity index (χ2n) is 1.46. The van der Waals surface area contributed by atoms with E-state index in [9.17, 15) is 8.42 Å². The molecule has 0 atom stereocenters. The van der Waals surface area contributed by atoms with Crippen LogP contribution in [0.2, 0.25) is 0 Å². The molecule has 0 aliphatic heterocycles. The molecule has 0 aromatic heterocycles. The van der Waals surface area contributed by atoms with Crippen molar-refractivity contribution < 1.29 is 22.4 Å². The SMILES string of the molecule is COCC[NH2+]S(=O)(=O)O. The van der Waals surface area contributed by atoms with E-state index in [1.807, 2.05) is 0 Å². The molecule has 0 fully saturated rings. The van der Waals surface area contributed by atoms with Gasteiger partial charge in [0.05, 0.1) is 6.61 Å². The highest BCUT2D eigenvalue weighted by atomic mass is 32.2. The Bertz CT molecular complexity index is 151. The average Bonchev–Trinajstić information content (AvgIpc) is 1.63. The highest BCUT2D eigenvalue weighted by Gasteiger charge is 2.04. The highest BCUT2D eigenvalue weighted by molar-refractivity contribution is 7.78. The topological polar surface area (TPSA) is 80.2 Å². The summed E-state index contributed by atoms with van der Waals surface area (Å²) in [6, 6.07) is 0. The molecule has 3 N–H and O–H groups in total. The van der Waals surface area contributed by atoms with Gasteiger partial charge < -0.3 is 4.74 Å². The van der Waals surface area contributed by atoms with E-state index >= 15 is 0 Å². The van der Waals surface area contributed by atoms with Crippen LogP contribution in [0.5, 0.6) is 0 Å². The highest BCUT2D eigenvalue weighted by Crippen LogP contribution is 1.58. The van der Waals surface area contributed by atoms with Gasteiger partial charge in [0.2, 0.25) is 0 Å². The third-order valence-corrected chi connectivity index (χ3v) is 1.31. The van der Waals surface area contributed by atoms with Gasteiger partial charge in [0.15, 0.2) is 0 Å². The fourth-order valence-corrected chi connectivity index (χ4v) is 0.709. The van der Waals surface area contributed by atoms with Crippen molar-refractivity contribution >= 4 is 10.3 Å². The second-order valence-corrected chi connectivity index (χ2v) is 2.83. The number of nitrogens with two attached hydrogens (primary N) is 1. The minimum Gasteiger partial charge on any atom is -0.379 e. The normalized spacial score (nSPS) is 11.8. The summed E-state index contributed by atoms with van der Waals surface area (Å²) in [5.74, 6) is 0. The minimum absolute atomic E-state index is 0.218. The number of rotatable bonds is 4. The van der Waals surface area contributed by atoms with E-state index in [0.717, 1.165) is 4.72 Å². The van der Waals surface area contributed by atoms with Gasteiger partial charge in [-0.2, -0.15) is 0 Å². The first-order chi connectivity index (χ1) is 4.06. The van der Waals surface area contributed by atoms with E-state index < -0.39 is 10.3 Å². The second kappa shape index (κ2) is 3.78. The van der Waals surface area contributed by atoms with Gasteiger partial charge in [0.25, 0.3) is 0 Å². The summed E-state index contributed by atoms with van der Waals surface area (Å²) in [4.78, 5) is 0. The molecule has 0 rings (SSSR count). The van der Waals surface area contributed by atoms with Crippen LogP contribution in [0.15, 0.2) is 0 Å². The number of methoxy groups -OCH3 is 1. The number of hydrogen-bond donors (Lipinski definition) is 2. The van der Waals surface area contributed by atoms with Crippen LogP contribution in [-0.2, 0) is 15.0 Å². The van der Waals surface area contributed by atoms with Gasteiger partial charge >= 0.3 is 10.3 Å². The van der Waals surface area contributed by atoms with E-state index in [1.165, 1.54) is 7.11 Å². The van der Waals surface area contributed by atoms with Crippen molar-refractivity contribution in [3.63, 3.8) is 0 Å². The summed E-state index contributed by atoms with van der Waals surface area (Å²) in [5.41, 5.74) is 0. The molecule has 56 valence electrons. The Labute approximate surface area is 53.9 Å². The average molecular weight is 156 g/mol. The van der Waals surface area contributed by atoms with Crippen molar-refractivity contribution in [2.24, 2.45) is 0 Å². The van der Waals surface area contributed by atoms with E-state index in [-0.39, 0.29) is 6.54 Å². The van der Waals surface area contributed by atoms with E-state index in [4.69, 9.17) is 4.55 Å². The van der Waals surface area contributed by atoms with E-state index in [1.54, 1.807) is 0 Å². The molecular weight excluding hydrogens is 146 g/mol. The lowest BCUT2D eigenvalue weighted by Gasteiger charge is -1.93. The summed E-state index contributed by atoms with van der Waals surface area (Å²) in [6.07, 6.45) is 0. The van der Waals surface area contributed by atoms with Gasteiger partial charge in [0, 0.05) is 7.11 Å². The zero-order valence-corrected chi connectivity index (χ0v) is 5.89. The van der Waals surface area contributed by atoms with Crippen LogP contribution in [-0.4, -0.2) is 33.2 Å². The van der Waals surface area contributed by atoms with Crippen molar-refractivity contribution in [1.29, 1.82) is 0 Å². The summed E-state index contributed by atoms with van der Waals surface area (Å²) >= 11 is 0. The van der Waals surface area contributed by atoms with Gasteiger partial charge in [-0.3, -0.25) is 0 Å². The predicted molar refractivity (Wildman–Crippen MR) is 30.2 cm³/mol. The van der Waals surface area contributed by atoms with Crippen molar-refractivity contribution in [2.45, 2.75) is 0 Å². The van der Waals surface area contributed by atoms with Gasteiger partial charge in [0.1, 0.15) is 6.54 Å². The number of hydrogen-bond acceptors (Lipinski definition) is 3. The summed E-state index contributed by atoms with van der Waals surface area (Å²) < 4.78 is 33.3. The number of ether oxygens (including phenoxy) is 1. The molecule has 0 heterocycles. The Morgan fingerprint density at radius 3 is 2.56 bits per heavy atom. The molecule has 0 unspecified atom stereocenters. The molecule has 0 saturated heterocycles. The van der Waals surface area contributed by atoms with Gasteiger partial charge in [-0.15, -0.1) is 8.42 Å². The first kappa shape index (κ1) is 8.83. The molecule has 0 aliphatic carbocycles. The fraction of sp³-hybridized carbons (Fsp3) is 1.00. The Hall–Kier alpha value is -0.170. The molecule has 0 spiro atoms. The maximum Gasteiger partial charge on any atom is 0.429 e. The largest absolute Gasteiger partial charge is 0.429 e. The Balaban J connectivity index is 3.30. The molecule has 0 aromatic rings. The van der Waals surface area contributed by atoms with Crippen molar-refractivity contribution in [3.05, 3.63) is 0 Å². The molecule has 0 saturated carbocycles. The van der Waals surface area contributed by atoms with Crippen LogP contribution in [0.1, 0.15) is 0 Å². The quantitative estimate of drug-likeness (QED) is 0.364. The van der Waals surface area contributed by atoms with Gasteiger partial charge in [-0.1, -0.05) is 0 Å². The third kappa shape index (κ3) is 7.83. The first-order valence-electron chi connectivity index (χ1n) is 2.36. The molecule has 5 nitrogen and oxygen atoms in total. The molecule has 0 bridgehead atoms. The minimum atomic E-state index is -3.90. The van der Waals surface area contributed by atoms with E-state index in [2.05, 4.69) is 4.74 Å². The lowest BCUT2D eigenvalue weighted by Crippen LogP contribution is -2.88. The molecule has 9 heavy (non-hydrogen) atoms.